The van der Waals surface area contributed by atoms with E-state index in [1.54, 1.807) is 6.20 Å². The van der Waals surface area contributed by atoms with Gasteiger partial charge in [-0.3, -0.25) is 0 Å². The fourth-order valence-corrected chi connectivity index (χ4v) is 2.92. The lowest BCUT2D eigenvalue weighted by atomic mass is 9.71. The van der Waals surface area contributed by atoms with Gasteiger partial charge >= 0.3 is 0 Å². The van der Waals surface area contributed by atoms with E-state index in [2.05, 4.69) is 25.8 Å². The molecule has 0 N–H and O–H groups in total. The molecule has 2 rings (SSSR count). The third kappa shape index (κ3) is 2.62. The molecule has 17 heavy (non-hydrogen) atoms. The van der Waals surface area contributed by atoms with Crippen LogP contribution >= 0.6 is 0 Å². The largest absolute Gasteiger partial charge is 0.477 e. The van der Waals surface area contributed by atoms with Gasteiger partial charge in [0.2, 0.25) is 5.88 Å². The molecule has 1 heterocycles. The molecule has 1 aromatic heterocycles. The van der Waals surface area contributed by atoms with Gasteiger partial charge in [0.05, 0.1) is 6.61 Å². The van der Waals surface area contributed by atoms with Gasteiger partial charge in [-0.25, -0.2) is 4.98 Å². The van der Waals surface area contributed by atoms with E-state index in [0.717, 1.165) is 18.4 Å². The maximum Gasteiger partial charge on any atom is 0.213 e. The quantitative estimate of drug-likeness (QED) is 0.786. The standard InChI is InChI=1S/C15H23NO/c1-12(2)15(3)9-6-7-13(15)11-17-14-8-4-5-10-16-14/h4-5,8,10,12-13H,6-7,9,11H2,1-3H3/t13-,15+/m1/s1. The highest BCUT2D eigenvalue weighted by Gasteiger charge is 2.41. The first-order valence-electron chi connectivity index (χ1n) is 6.67. The highest BCUT2D eigenvalue weighted by molar-refractivity contribution is 5.09. The first-order chi connectivity index (χ1) is 8.13. The molecule has 0 aliphatic heterocycles. The molecular formula is C15H23NO. The minimum Gasteiger partial charge on any atom is -0.477 e. The molecule has 0 spiro atoms. The Kier molecular flexibility index (Phi) is 3.70. The summed E-state index contributed by atoms with van der Waals surface area (Å²) < 4.78 is 5.82. The van der Waals surface area contributed by atoms with Crippen LogP contribution in [0.25, 0.3) is 0 Å². The predicted molar refractivity (Wildman–Crippen MR) is 70.0 cm³/mol. The first kappa shape index (κ1) is 12.4. The maximum atomic E-state index is 5.82. The second-order valence-electron chi connectivity index (χ2n) is 5.73. The van der Waals surface area contributed by atoms with Crippen LogP contribution in [0.5, 0.6) is 5.88 Å². The van der Waals surface area contributed by atoms with Crippen molar-refractivity contribution in [3.63, 3.8) is 0 Å². The van der Waals surface area contributed by atoms with Crippen LogP contribution in [0.1, 0.15) is 40.0 Å². The number of ether oxygens (including phenoxy) is 1. The van der Waals surface area contributed by atoms with Gasteiger partial charge in [-0.15, -0.1) is 0 Å². The average molecular weight is 233 g/mol. The Morgan fingerprint density at radius 3 is 2.94 bits per heavy atom. The Morgan fingerprint density at radius 1 is 1.47 bits per heavy atom. The molecule has 0 amide bonds. The van der Waals surface area contributed by atoms with E-state index in [-0.39, 0.29) is 0 Å². The lowest BCUT2D eigenvalue weighted by Gasteiger charge is -2.35. The summed E-state index contributed by atoms with van der Waals surface area (Å²) in [5.41, 5.74) is 0.439. The van der Waals surface area contributed by atoms with Gasteiger partial charge in [0, 0.05) is 12.3 Å². The fraction of sp³-hybridized carbons (Fsp3) is 0.667. The van der Waals surface area contributed by atoms with E-state index in [1.165, 1.54) is 19.3 Å². The molecule has 0 bridgehead atoms. The molecule has 0 radical (unpaired) electrons. The summed E-state index contributed by atoms with van der Waals surface area (Å²) in [7, 11) is 0. The van der Waals surface area contributed by atoms with E-state index in [1.807, 2.05) is 18.2 Å². The smallest absolute Gasteiger partial charge is 0.213 e. The molecule has 0 saturated heterocycles. The SMILES string of the molecule is CC(C)[C@]1(C)CCC[C@@H]1COc1ccccn1. The number of rotatable bonds is 4. The molecule has 1 aliphatic rings. The number of aromatic nitrogens is 1. The van der Waals surface area contributed by atoms with Crippen LogP contribution in [0.4, 0.5) is 0 Å². The van der Waals surface area contributed by atoms with Crippen molar-refractivity contribution in [3.8, 4) is 5.88 Å². The van der Waals surface area contributed by atoms with Crippen molar-refractivity contribution in [1.29, 1.82) is 0 Å². The summed E-state index contributed by atoms with van der Waals surface area (Å²) in [5.74, 6) is 2.15. The van der Waals surface area contributed by atoms with Crippen LogP contribution < -0.4 is 4.74 Å². The monoisotopic (exact) mass is 233 g/mol. The highest BCUT2D eigenvalue weighted by atomic mass is 16.5. The number of hydrogen-bond donors (Lipinski definition) is 0. The summed E-state index contributed by atoms with van der Waals surface area (Å²) in [5, 5.41) is 0. The Labute approximate surface area is 104 Å². The van der Waals surface area contributed by atoms with Crippen LogP contribution in [-0.2, 0) is 0 Å². The zero-order valence-electron chi connectivity index (χ0n) is 11.1. The van der Waals surface area contributed by atoms with E-state index in [0.29, 0.717) is 11.3 Å². The number of pyridine rings is 1. The summed E-state index contributed by atoms with van der Waals surface area (Å²) in [6.07, 6.45) is 5.75. The molecule has 2 nitrogen and oxygen atoms in total. The summed E-state index contributed by atoms with van der Waals surface area (Å²) in [4.78, 5) is 4.21. The molecule has 1 fully saturated rings. The van der Waals surface area contributed by atoms with E-state index in [4.69, 9.17) is 4.74 Å². The van der Waals surface area contributed by atoms with Crippen molar-refractivity contribution >= 4 is 0 Å². The Hall–Kier alpha value is -1.05. The van der Waals surface area contributed by atoms with Gasteiger partial charge in [0.1, 0.15) is 0 Å². The predicted octanol–water partition coefficient (Wildman–Crippen LogP) is 3.92. The molecular weight excluding hydrogens is 210 g/mol. The average Bonchev–Trinajstić information content (AvgIpc) is 2.71. The Balaban J connectivity index is 1.95. The lowest BCUT2D eigenvalue weighted by molar-refractivity contribution is 0.0963. The Morgan fingerprint density at radius 2 is 2.29 bits per heavy atom. The van der Waals surface area contributed by atoms with Crippen molar-refractivity contribution in [2.24, 2.45) is 17.3 Å². The van der Waals surface area contributed by atoms with E-state index < -0.39 is 0 Å². The molecule has 1 aliphatic carbocycles. The van der Waals surface area contributed by atoms with Crippen LogP contribution in [0, 0.1) is 17.3 Å². The van der Waals surface area contributed by atoms with E-state index >= 15 is 0 Å². The molecule has 0 aromatic carbocycles. The maximum absolute atomic E-state index is 5.82. The third-order valence-electron chi connectivity index (χ3n) is 4.59. The van der Waals surface area contributed by atoms with Gasteiger partial charge in [-0.2, -0.15) is 0 Å². The van der Waals surface area contributed by atoms with Crippen molar-refractivity contribution < 1.29 is 4.74 Å². The van der Waals surface area contributed by atoms with Gasteiger partial charge in [0.25, 0.3) is 0 Å². The van der Waals surface area contributed by atoms with Crippen molar-refractivity contribution in [1.82, 2.24) is 4.98 Å². The molecule has 94 valence electrons. The number of nitrogens with zero attached hydrogens (tertiary/aromatic N) is 1. The molecule has 2 atom stereocenters. The molecule has 1 saturated carbocycles. The topological polar surface area (TPSA) is 22.1 Å². The second kappa shape index (κ2) is 5.07. The zero-order valence-corrected chi connectivity index (χ0v) is 11.1. The summed E-state index contributed by atoms with van der Waals surface area (Å²) in [6, 6.07) is 5.82. The van der Waals surface area contributed by atoms with E-state index in [9.17, 15) is 0 Å². The lowest BCUT2D eigenvalue weighted by Crippen LogP contribution is -2.31. The summed E-state index contributed by atoms with van der Waals surface area (Å²) >= 11 is 0. The summed E-state index contributed by atoms with van der Waals surface area (Å²) in [6.45, 7) is 7.89. The van der Waals surface area contributed by atoms with Gasteiger partial charge in [-0.1, -0.05) is 33.3 Å². The molecule has 2 heteroatoms. The molecule has 0 unspecified atom stereocenters. The van der Waals surface area contributed by atoms with Crippen LogP contribution in [0.3, 0.4) is 0 Å². The Bertz CT molecular complexity index is 349. The number of hydrogen-bond acceptors (Lipinski definition) is 2. The fourth-order valence-electron chi connectivity index (χ4n) is 2.92. The third-order valence-corrected chi connectivity index (χ3v) is 4.59. The minimum absolute atomic E-state index is 0.439. The highest BCUT2D eigenvalue weighted by Crippen LogP contribution is 2.48. The van der Waals surface area contributed by atoms with Gasteiger partial charge < -0.3 is 4.74 Å². The van der Waals surface area contributed by atoms with Crippen molar-refractivity contribution in [2.45, 2.75) is 40.0 Å². The normalized spacial score (nSPS) is 28.6. The van der Waals surface area contributed by atoms with Crippen molar-refractivity contribution in [2.75, 3.05) is 6.61 Å². The van der Waals surface area contributed by atoms with Crippen LogP contribution in [0.2, 0.25) is 0 Å². The minimum atomic E-state index is 0.439. The van der Waals surface area contributed by atoms with Crippen LogP contribution in [-0.4, -0.2) is 11.6 Å². The van der Waals surface area contributed by atoms with Gasteiger partial charge in [-0.05, 0) is 36.2 Å². The van der Waals surface area contributed by atoms with Gasteiger partial charge in [0.15, 0.2) is 0 Å². The first-order valence-corrected chi connectivity index (χ1v) is 6.67. The van der Waals surface area contributed by atoms with Crippen molar-refractivity contribution in [3.05, 3.63) is 24.4 Å². The second-order valence-corrected chi connectivity index (χ2v) is 5.73. The molecule has 1 aromatic rings. The zero-order chi connectivity index (χ0) is 12.3. The van der Waals surface area contributed by atoms with Crippen LogP contribution in [0.15, 0.2) is 24.4 Å².